The second-order valence-corrected chi connectivity index (χ2v) is 6.10. The second kappa shape index (κ2) is 6.95. The number of hydrogen-bond acceptors (Lipinski definition) is 1. The Morgan fingerprint density at radius 2 is 1.82 bits per heavy atom. The molecule has 0 saturated heterocycles. The zero-order chi connectivity index (χ0) is 12.7. The highest BCUT2D eigenvalue weighted by molar-refractivity contribution is 7.50. The molecule has 0 radical (unpaired) electrons. The van der Waals surface area contributed by atoms with Gasteiger partial charge >= 0.3 is 7.60 Å². The molecule has 17 heavy (non-hydrogen) atoms. The van der Waals surface area contributed by atoms with E-state index >= 15 is 0 Å². The molecule has 0 aromatic heterocycles. The molecule has 0 saturated carbocycles. The summed E-state index contributed by atoms with van der Waals surface area (Å²) in [5.41, 5.74) is 1.90. The van der Waals surface area contributed by atoms with E-state index in [9.17, 15) is 4.57 Å². The molecule has 0 amide bonds. The first kappa shape index (κ1) is 14.4. The van der Waals surface area contributed by atoms with E-state index in [4.69, 9.17) is 9.79 Å². The van der Waals surface area contributed by atoms with Crippen molar-refractivity contribution in [3.8, 4) is 0 Å². The van der Waals surface area contributed by atoms with Gasteiger partial charge in [-0.15, -0.1) is 0 Å². The van der Waals surface area contributed by atoms with Crippen LogP contribution in [0, 0.1) is 0 Å². The number of hydrogen-bond donors (Lipinski definition) is 2. The van der Waals surface area contributed by atoms with Crippen LogP contribution in [-0.2, 0) is 17.1 Å². The van der Waals surface area contributed by atoms with E-state index in [1.807, 2.05) is 18.2 Å². The molecule has 0 spiro atoms. The lowest BCUT2D eigenvalue weighted by Crippen LogP contribution is -1.91. The van der Waals surface area contributed by atoms with Crippen molar-refractivity contribution >= 4 is 7.60 Å². The maximum absolute atomic E-state index is 10.9. The molecule has 1 aromatic carbocycles. The number of rotatable bonds is 7. The largest absolute Gasteiger partial charge is 0.329 e. The first-order chi connectivity index (χ1) is 8.01. The minimum atomic E-state index is -3.94. The monoisotopic (exact) mass is 256 g/mol. The minimum absolute atomic E-state index is 0.157. The fourth-order valence-corrected chi connectivity index (χ4v) is 2.55. The van der Waals surface area contributed by atoms with Gasteiger partial charge in [0.25, 0.3) is 0 Å². The van der Waals surface area contributed by atoms with Crippen LogP contribution in [0.25, 0.3) is 0 Å². The van der Waals surface area contributed by atoms with Gasteiger partial charge in [0.05, 0.1) is 6.16 Å². The summed E-state index contributed by atoms with van der Waals surface area (Å²) in [7, 11) is -3.94. The van der Waals surface area contributed by atoms with Crippen molar-refractivity contribution in [1.82, 2.24) is 0 Å². The topological polar surface area (TPSA) is 57.5 Å². The van der Waals surface area contributed by atoms with E-state index in [1.54, 1.807) is 6.07 Å². The van der Waals surface area contributed by atoms with Gasteiger partial charge in [-0.05, 0) is 24.0 Å². The van der Waals surface area contributed by atoms with E-state index in [0.29, 0.717) is 0 Å². The lowest BCUT2D eigenvalue weighted by Gasteiger charge is -2.06. The molecule has 0 atom stereocenters. The molecule has 96 valence electrons. The number of benzene rings is 1. The highest BCUT2D eigenvalue weighted by Crippen LogP contribution is 2.39. The molecule has 4 heteroatoms. The Morgan fingerprint density at radius 3 is 2.47 bits per heavy atom. The Labute approximate surface area is 103 Å². The lowest BCUT2D eigenvalue weighted by atomic mass is 10.0. The van der Waals surface area contributed by atoms with Crippen molar-refractivity contribution in [3.05, 3.63) is 35.4 Å². The van der Waals surface area contributed by atoms with E-state index in [2.05, 4.69) is 6.92 Å². The molecule has 1 aromatic rings. The summed E-state index contributed by atoms with van der Waals surface area (Å²) in [4.78, 5) is 17.8. The van der Waals surface area contributed by atoms with Crippen LogP contribution in [0.1, 0.15) is 43.7 Å². The third kappa shape index (κ3) is 6.62. The zero-order valence-corrected chi connectivity index (χ0v) is 11.2. The average Bonchev–Trinajstić information content (AvgIpc) is 2.23. The third-order valence-electron chi connectivity index (χ3n) is 2.70. The molecule has 2 N–H and O–H groups in total. The molecule has 0 aliphatic rings. The van der Waals surface area contributed by atoms with Crippen molar-refractivity contribution in [1.29, 1.82) is 0 Å². The first-order valence-electron chi connectivity index (χ1n) is 6.13. The van der Waals surface area contributed by atoms with Gasteiger partial charge in [0, 0.05) is 0 Å². The smallest absolute Gasteiger partial charge is 0.324 e. The molecule has 0 fully saturated rings. The van der Waals surface area contributed by atoms with Crippen LogP contribution in [0.15, 0.2) is 24.3 Å². The number of aryl methyl sites for hydroxylation is 1. The van der Waals surface area contributed by atoms with Gasteiger partial charge < -0.3 is 9.79 Å². The van der Waals surface area contributed by atoms with Crippen molar-refractivity contribution in [2.45, 2.75) is 45.2 Å². The van der Waals surface area contributed by atoms with Crippen LogP contribution in [0.5, 0.6) is 0 Å². The second-order valence-electron chi connectivity index (χ2n) is 4.45. The standard InChI is InChI=1S/C13H21O3P/c1-2-3-4-5-7-12-8-6-9-13(10-12)11-17(14,15)16/h6,8-10H,2-5,7,11H2,1H3,(H2,14,15,16). The van der Waals surface area contributed by atoms with Gasteiger partial charge in [-0.2, -0.15) is 0 Å². The van der Waals surface area contributed by atoms with Gasteiger partial charge in [-0.1, -0.05) is 50.5 Å². The normalized spacial score (nSPS) is 11.7. The molecular formula is C13H21O3P. The summed E-state index contributed by atoms with van der Waals surface area (Å²) in [6.07, 6.45) is 5.68. The summed E-state index contributed by atoms with van der Waals surface area (Å²) in [6, 6.07) is 7.58. The van der Waals surface area contributed by atoms with Crippen LogP contribution >= 0.6 is 7.60 Å². The first-order valence-corrected chi connectivity index (χ1v) is 7.93. The van der Waals surface area contributed by atoms with E-state index in [-0.39, 0.29) is 6.16 Å². The third-order valence-corrected chi connectivity index (χ3v) is 3.48. The van der Waals surface area contributed by atoms with Gasteiger partial charge in [-0.25, -0.2) is 0 Å². The summed E-state index contributed by atoms with van der Waals surface area (Å²) in [5.74, 6) is 0. The minimum Gasteiger partial charge on any atom is -0.324 e. The Morgan fingerprint density at radius 1 is 1.12 bits per heavy atom. The summed E-state index contributed by atoms with van der Waals surface area (Å²) in [6.45, 7) is 2.18. The fourth-order valence-electron chi connectivity index (χ4n) is 1.88. The predicted octanol–water partition coefficient (Wildman–Crippen LogP) is 3.49. The highest BCUT2D eigenvalue weighted by atomic mass is 31.2. The zero-order valence-electron chi connectivity index (χ0n) is 10.3. The van der Waals surface area contributed by atoms with Gasteiger partial charge in [0.15, 0.2) is 0 Å². The van der Waals surface area contributed by atoms with Crippen LogP contribution in [0.4, 0.5) is 0 Å². The van der Waals surface area contributed by atoms with Gasteiger partial charge in [0.2, 0.25) is 0 Å². The summed E-state index contributed by atoms with van der Waals surface area (Å²) < 4.78 is 10.9. The van der Waals surface area contributed by atoms with Gasteiger partial charge in [-0.3, -0.25) is 4.57 Å². The fraction of sp³-hybridized carbons (Fsp3) is 0.538. The Hall–Kier alpha value is -0.630. The molecular weight excluding hydrogens is 235 g/mol. The maximum Gasteiger partial charge on any atom is 0.329 e. The SMILES string of the molecule is CCCCCCc1cccc(CP(=O)(O)O)c1. The van der Waals surface area contributed by atoms with E-state index in [1.165, 1.54) is 24.8 Å². The van der Waals surface area contributed by atoms with Gasteiger partial charge in [0.1, 0.15) is 0 Å². The Kier molecular flexibility index (Phi) is 5.90. The number of unbranched alkanes of at least 4 members (excludes halogenated alkanes) is 3. The van der Waals surface area contributed by atoms with Crippen molar-refractivity contribution in [2.75, 3.05) is 0 Å². The Bertz CT molecular complexity index is 384. The average molecular weight is 256 g/mol. The maximum atomic E-state index is 10.9. The van der Waals surface area contributed by atoms with Crippen molar-refractivity contribution in [3.63, 3.8) is 0 Å². The quantitative estimate of drug-likeness (QED) is 0.580. The lowest BCUT2D eigenvalue weighted by molar-refractivity contribution is 0.371. The molecule has 0 bridgehead atoms. The molecule has 1 rings (SSSR count). The predicted molar refractivity (Wildman–Crippen MR) is 70.0 cm³/mol. The van der Waals surface area contributed by atoms with E-state index in [0.717, 1.165) is 18.4 Å². The van der Waals surface area contributed by atoms with Crippen LogP contribution < -0.4 is 0 Å². The summed E-state index contributed by atoms with van der Waals surface area (Å²) >= 11 is 0. The van der Waals surface area contributed by atoms with Crippen molar-refractivity contribution < 1.29 is 14.4 Å². The van der Waals surface area contributed by atoms with Crippen LogP contribution in [-0.4, -0.2) is 9.79 Å². The van der Waals surface area contributed by atoms with Crippen LogP contribution in [0.2, 0.25) is 0 Å². The van der Waals surface area contributed by atoms with Crippen LogP contribution in [0.3, 0.4) is 0 Å². The van der Waals surface area contributed by atoms with Crippen molar-refractivity contribution in [2.24, 2.45) is 0 Å². The van der Waals surface area contributed by atoms with E-state index < -0.39 is 7.60 Å². The highest BCUT2D eigenvalue weighted by Gasteiger charge is 2.13. The molecule has 0 unspecified atom stereocenters. The summed E-state index contributed by atoms with van der Waals surface area (Å²) in [5, 5.41) is 0. The molecule has 0 aliphatic heterocycles. The molecule has 0 aliphatic carbocycles. The molecule has 3 nitrogen and oxygen atoms in total. The molecule has 0 heterocycles. The Balaban J connectivity index is 2.51.